The van der Waals surface area contributed by atoms with E-state index in [1.165, 1.54) is 0 Å². The standard InChI is InChI=1S/C11H13N5O4/c12-10-8(3-7(5-14-10)16(19)20)11(18)15-6-1-2-9(17)13-4-6/h3,5-6H,1-2,4H2,(H2,12,14)(H,13,17)(H,15,18). The molecule has 1 unspecified atom stereocenters. The molecule has 106 valence electrons. The van der Waals surface area contributed by atoms with Gasteiger partial charge in [-0.3, -0.25) is 19.7 Å². The molecule has 0 radical (unpaired) electrons. The summed E-state index contributed by atoms with van der Waals surface area (Å²) in [6, 6.07) is 0.859. The number of nitrogens with two attached hydrogens (primary N) is 1. The molecule has 4 N–H and O–H groups in total. The molecule has 0 saturated carbocycles. The van der Waals surface area contributed by atoms with Gasteiger partial charge in [0, 0.05) is 25.1 Å². The van der Waals surface area contributed by atoms with Gasteiger partial charge in [0.15, 0.2) is 0 Å². The van der Waals surface area contributed by atoms with Crippen molar-refractivity contribution in [2.24, 2.45) is 0 Å². The summed E-state index contributed by atoms with van der Waals surface area (Å²) < 4.78 is 0. The van der Waals surface area contributed by atoms with Gasteiger partial charge in [-0.15, -0.1) is 0 Å². The van der Waals surface area contributed by atoms with E-state index in [9.17, 15) is 19.7 Å². The molecule has 2 rings (SSSR count). The highest BCUT2D eigenvalue weighted by Crippen LogP contribution is 2.17. The minimum absolute atomic E-state index is 0.0453. The fourth-order valence-corrected chi connectivity index (χ4v) is 1.87. The Labute approximate surface area is 113 Å². The number of amides is 2. The summed E-state index contributed by atoms with van der Waals surface area (Å²) >= 11 is 0. The van der Waals surface area contributed by atoms with Crippen LogP contribution in [0.2, 0.25) is 0 Å². The van der Waals surface area contributed by atoms with Gasteiger partial charge < -0.3 is 16.4 Å². The highest BCUT2D eigenvalue weighted by molar-refractivity contribution is 5.99. The number of nitrogens with zero attached hydrogens (tertiary/aromatic N) is 2. The molecular formula is C11H13N5O4. The predicted octanol–water partition coefficient (Wildman–Crippen LogP) is -0.420. The Morgan fingerprint density at radius 3 is 2.95 bits per heavy atom. The summed E-state index contributed by atoms with van der Waals surface area (Å²) in [5, 5.41) is 15.9. The molecule has 0 aromatic carbocycles. The van der Waals surface area contributed by atoms with Crippen molar-refractivity contribution in [3.8, 4) is 0 Å². The van der Waals surface area contributed by atoms with Gasteiger partial charge in [-0.2, -0.15) is 0 Å². The van der Waals surface area contributed by atoms with Crippen molar-refractivity contribution >= 4 is 23.3 Å². The zero-order valence-corrected chi connectivity index (χ0v) is 10.5. The number of nitrogen functional groups attached to an aromatic ring is 1. The van der Waals surface area contributed by atoms with Crippen LogP contribution in [0.1, 0.15) is 23.2 Å². The molecule has 1 aromatic rings. The Kier molecular flexibility index (Phi) is 3.78. The van der Waals surface area contributed by atoms with Crippen LogP contribution >= 0.6 is 0 Å². The van der Waals surface area contributed by atoms with E-state index in [4.69, 9.17) is 5.73 Å². The average Bonchev–Trinajstić information content (AvgIpc) is 2.41. The van der Waals surface area contributed by atoms with Crippen LogP contribution in [0, 0.1) is 10.1 Å². The van der Waals surface area contributed by atoms with Crippen molar-refractivity contribution in [2.75, 3.05) is 12.3 Å². The van der Waals surface area contributed by atoms with Gasteiger partial charge in [0.1, 0.15) is 12.0 Å². The molecule has 0 spiro atoms. The summed E-state index contributed by atoms with van der Waals surface area (Å²) in [4.78, 5) is 36.7. The minimum atomic E-state index is -0.649. The van der Waals surface area contributed by atoms with Gasteiger partial charge in [-0.25, -0.2) is 4.98 Å². The maximum atomic E-state index is 12.0. The molecular weight excluding hydrogens is 266 g/mol. The quantitative estimate of drug-likeness (QED) is 0.507. The smallest absolute Gasteiger partial charge is 0.288 e. The van der Waals surface area contributed by atoms with E-state index in [0.717, 1.165) is 12.3 Å². The Morgan fingerprint density at radius 1 is 1.60 bits per heavy atom. The number of hydrogen-bond acceptors (Lipinski definition) is 6. The van der Waals surface area contributed by atoms with Crippen molar-refractivity contribution in [1.82, 2.24) is 15.6 Å². The van der Waals surface area contributed by atoms with Gasteiger partial charge in [-0.1, -0.05) is 0 Å². The number of anilines is 1. The van der Waals surface area contributed by atoms with Gasteiger partial charge in [0.25, 0.3) is 11.6 Å². The van der Waals surface area contributed by atoms with Gasteiger partial charge in [0.05, 0.1) is 10.5 Å². The van der Waals surface area contributed by atoms with E-state index in [2.05, 4.69) is 15.6 Å². The number of nitrogens with one attached hydrogen (secondary N) is 2. The molecule has 2 heterocycles. The maximum absolute atomic E-state index is 12.0. The fourth-order valence-electron chi connectivity index (χ4n) is 1.87. The van der Waals surface area contributed by atoms with E-state index in [0.29, 0.717) is 19.4 Å². The van der Waals surface area contributed by atoms with Crippen LogP contribution in [0.4, 0.5) is 11.5 Å². The first-order valence-electron chi connectivity index (χ1n) is 5.95. The minimum Gasteiger partial charge on any atom is -0.383 e. The molecule has 1 saturated heterocycles. The van der Waals surface area contributed by atoms with E-state index < -0.39 is 10.8 Å². The Bertz CT molecular complexity index is 564. The molecule has 2 amide bonds. The summed E-state index contributed by atoms with van der Waals surface area (Å²) in [6.45, 7) is 0.326. The lowest BCUT2D eigenvalue weighted by Gasteiger charge is -2.23. The molecule has 9 nitrogen and oxygen atoms in total. The second-order valence-electron chi connectivity index (χ2n) is 4.40. The van der Waals surface area contributed by atoms with Gasteiger partial charge >= 0.3 is 0 Å². The SMILES string of the molecule is Nc1ncc([N+](=O)[O-])cc1C(=O)NC1CCC(=O)NC1. The second kappa shape index (κ2) is 5.51. The number of carbonyl (C=O) groups is 2. The molecule has 0 aliphatic carbocycles. The summed E-state index contributed by atoms with van der Waals surface area (Å²) in [5.41, 5.74) is 5.20. The van der Waals surface area contributed by atoms with Gasteiger partial charge in [0.2, 0.25) is 5.91 Å². The molecule has 9 heteroatoms. The molecule has 1 fully saturated rings. The molecule has 1 aliphatic heterocycles. The zero-order valence-electron chi connectivity index (χ0n) is 10.5. The Morgan fingerprint density at radius 2 is 2.35 bits per heavy atom. The van der Waals surface area contributed by atoms with Crippen LogP contribution in [0.5, 0.6) is 0 Å². The number of nitro groups is 1. The lowest BCUT2D eigenvalue weighted by Crippen LogP contribution is -2.47. The summed E-state index contributed by atoms with van der Waals surface area (Å²) in [7, 11) is 0. The Balaban J connectivity index is 2.10. The van der Waals surface area contributed by atoms with Crippen molar-refractivity contribution in [1.29, 1.82) is 0 Å². The molecule has 20 heavy (non-hydrogen) atoms. The number of piperidine rings is 1. The summed E-state index contributed by atoms with van der Waals surface area (Å²) in [5.74, 6) is -0.681. The third-order valence-electron chi connectivity index (χ3n) is 2.96. The van der Waals surface area contributed by atoms with Crippen LogP contribution in [0.3, 0.4) is 0 Å². The van der Waals surface area contributed by atoms with E-state index in [-0.39, 0.29) is 29.0 Å². The third kappa shape index (κ3) is 2.99. The summed E-state index contributed by atoms with van der Waals surface area (Å²) in [6.07, 6.45) is 1.83. The lowest BCUT2D eigenvalue weighted by atomic mass is 10.1. The molecule has 1 aromatic heterocycles. The van der Waals surface area contributed by atoms with Crippen molar-refractivity contribution < 1.29 is 14.5 Å². The molecule has 1 atom stereocenters. The monoisotopic (exact) mass is 279 g/mol. The first kappa shape index (κ1) is 13.7. The van der Waals surface area contributed by atoms with Crippen LogP contribution in [-0.2, 0) is 4.79 Å². The first-order chi connectivity index (χ1) is 9.47. The average molecular weight is 279 g/mol. The second-order valence-corrected chi connectivity index (χ2v) is 4.40. The predicted molar refractivity (Wildman–Crippen MR) is 68.8 cm³/mol. The van der Waals surface area contributed by atoms with E-state index >= 15 is 0 Å². The highest BCUT2D eigenvalue weighted by Gasteiger charge is 2.22. The van der Waals surface area contributed by atoms with Gasteiger partial charge in [-0.05, 0) is 6.42 Å². The third-order valence-corrected chi connectivity index (χ3v) is 2.96. The van der Waals surface area contributed by atoms with Crippen molar-refractivity contribution in [3.05, 3.63) is 27.9 Å². The Hall–Kier alpha value is -2.71. The van der Waals surface area contributed by atoms with Crippen LogP contribution in [-0.4, -0.2) is 34.3 Å². The largest absolute Gasteiger partial charge is 0.383 e. The van der Waals surface area contributed by atoms with Crippen LogP contribution < -0.4 is 16.4 Å². The number of pyridine rings is 1. The topological polar surface area (TPSA) is 140 Å². The fraction of sp³-hybridized carbons (Fsp3) is 0.364. The van der Waals surface area contributed by atoms with E-state index in [1.807, 2.05) is 0 Å². The zero-order chi connectivity index (χ0) is 14.7. The normalized spacial score (nSPS) is 18.2. The van der Waals surface area contributed by atoms with Crippen LogP contribution in [0.25, 0.3) is 0 Å². The number of hydrogen-bond donors (Lipinski definition) is 3. The molecule has 0 bridgehead atoms. The number of carbonyl (C=O) groups excluding carboxylic acids is 2. The number of aromatic nitrogens is 1. The van der Waals surface area contributed by atoms with Crippen LogP contribution in [0.15, 0.2) is 12.3 Å². The maximum Gasteiger partial charge on any atom is 0.288 e. The van der Waals surface area contributed by atoms with E-state index in [1.54, 1.807) is 0 Å². The lowest BCUT2D eigenvalue weighted by molar-refractivity contribution is -0.385. The van der Waals surface area contributed by atoms with Crippen molar-refractivity contribution in [3.63, 3.8) is 0 Å². The highest BCUT2D eigenvalue weighted by atomic mass is 16.6. The first-order valence-corrected chi connectivity index (χ1v) is 5.95. The molecule has 1 aliphatic rings. The number of rotatable bonds is 3. The van der Waals surface area contributed by atoms with Crippen molar-refractivity contribution in [2.45, 2.75) is 18.9 Å².